The van der Waals surface area contributed by atoms with Crippen molar-refractivity contribution in [1.29, 1.82) is 0 Å². The van der Waals surface area contributed by atoms with E-state index >= 15 is 0 Å². The van der Waals surface area contributed by atoms with Crippen molar-refractivity contribution in [2.75, 3.05) is 0 Å². The predicted octanol–water partition coefficient (Wildman–Crippen LogP) is 3.60. The molecule has 0 atom stereocenters. The van der Waals surface area contributed by atoms with Crippen LogP contribution in [-0.4, -0.2) is 21.9 Å². The number of hydrogen-bond donors (Lipinski definition) is 0. The third-order valence-corrected chi connectivity index (χ3v) is 3.25. The number of carbonyl (C=O) groups excluding carboxylic acids is 1. The molecule has 5 nitrogen and oxygen atoms in total. The van der Waals surface area contributed by atoms with Gasteiger partial charge in [-0.05, 0) is 32.4 Å². The van der Waals surface area contributed by atoms with Crippen molar-refractivity contribution in [3.8, 4) is 5.88 Å². The maximum Gasteiger partial charge on any atom is 0.338 e. The molecule has 0 amide bonds. The number of rotatable bonds is 6. The Balaban J connectivity index is 2.32. The van der Waals surface area contributed by atoms with Gasteiger partial charge >= 0.3 is 5.97 Å². The average Bonchev–Trinajstić information content (AvgIpc) is 2.89. The second-order valence-electron chi connectivity index (χ2n) is 5.68. The summed E-state index contributed by atoms with van der Waals surface area (Å²) in [6, 6.07) is 7.26. The highest BCUT2D eigenvalue weighted by molar-refractivity contribution is 5.92. The van der Waals surface area contributed by atoms with Gasteiger partial charge < -0.3 is 9.47 Å². The molecule has 0 spiro atoms. The van der Waals surface area contributed by atoms with Crippen LogP contribution in [0.2, 0.25) is 0 Å². The monoisotopic (exact) mass is 314 g/mol. The Morgan fingerprint density at radius 1 is 1.30 bits per heavy atom. The number of aryl methyl sites for hydroxylation is 1. The van der Waals surface area contributed by atoms with Crippen LogP contribution < -0.4 is 4.74 Å². The van der Waals surface area contributed by atoms with E-state index in [1.807, 2.05) is 40.0 Å². The van der Waals surface area contributed by atoms with Crippen molar-refractivity contribution in [1.82, 2.24) is 9.78 Å². The highest BCUT2D eigenvalue weighted by Crippen LogP contribution is 2.24. The van der Waals surface area contributed by atoms with Crippen molar-refractivity contribution in [2.24, 2.45) is 7.05 Å². The first kappa shape index (κ1) is 16.8. The van der Waals surface area contributed by atoms with Crippen molar-refractivity contribution in [3.05, 3.63) is 53.7 Å². The molecule has 1 aromatic heterocycles. The fourth-order valence-electron chi connectivity index (χ4n) is 2.23. The van der Waals surface area contributed by atoms with Crippen LogP contribution in [0.5, 0.6) is 5.88 Å². The van der Waals surface area contributed by atoms with E-state index in [1.165, 1.54) is 0 Å². The highest BCUT2D eigenvalue weighted by atomic mass is 16.5. The molecule has 0 saturated heterocycles. The molecule has 122 valence electrons. The second-order valence-corrected chi connectivity index (χ2v) is 5.68. The molecule has 0 saturated carbocycles. The molecule has 2 rings (SSSR count). The minimum Gasteiger partial charge on any atom is -0.472 e. The Morgan fingerprint density at radius 2 is 2.00 bits per heavy atom. The fourth-order valence-corrected chi connectivity index (χ4v) is 2.23. The Labute approximate surface area is 136 Å². The summed E-state index contributed by atoms with van der Waals surface area (Å²) in [5, 5.41) is 4.18. The van der Waals surface area contributed by atoms with Gasteiger partial charge in [0.2, 0.25) is 5.88 Å². The van der Waals surface area contributed by atoms with E-state index in [9.17, 15) is 4.79 Å². The summed E-state index contributed by atoms with van der Waals surface area (Å²) in [7, 11) is 1.82. The fraction of sp³-hybridized carbons (Fsp3) is 0.333. The number of carbonyl (C=O) groups is 1. The summed E-state index contributed by atoms with van der Waals surface area (Å²) in [5.74, 6) is 0.148. The molecule has 0 aliphatic heterocycles. The zero-order valence-electron chi connectivity index (χ0n) is 14.0. The van der Waals surface area contributed by atoms with E-state index in [4.69, 9.17) is 9.47 Å². The molecule has 2 aromatic rings. The largest absolute Gasteiger partial charge is 0.472 e. The van der Waals surface area contributed by atoms with Gasteiger partial charge in [-0.2, -0.15) is 0 Å². The average molecular weight is 314 g/mol. The van der Waals surface area contributed by atoms with Crippen LogP contribution in [-0.2, 0) is 18.4 Å². The molecule has 0 N–H and O–H groups in total. The minimum atomic E-state index is -0.359. The molecule has 1 aromatic carbocycles. The van der Waals surface area contributed by atoms with Crippen LogP contribution in [0.3, 0.4) is 0 Å². The van der Waals surface area contributed by atoms with E-state index in [0.29, 0.717) is 11.4 Å². The van der Waals surface area contributed by atoms with Crippen LogP contribution in [0.15, 0.2) is 37.0 Å². The van der Waals surface area contributed by atoms with Gasteiger partial charge in [0.05, 0.1) is 11.7 Å². The molecule has 0 bridgehead atoms. The summed E-state index contributed by atoms with van der Waals surface area (Å²) >= 11 is 0. The van der Waals surface area contributed by atoms with Crippen molar-refractivity contribution < 1.29 is 14.3 Å². The van der Waals surface area contributed by atoms with Crippen LogP contribution in [0.25, 0.3) is 5.57 Å². The number of hydrogen-bond acceptors (Lipinski definition) is 4. The second kappa shape index (κ2) is 7.13. The van der Waals surface area contributed by atoms with Gasteiger partial charge in [-0.3, -0.25) is 4.68 Å². The summed E-state index contributed by atoms with van der Waals surface area (Å²) in [6.07, 6.45) is 1.62. The number of aromatic nitrogens is 2. The van der Waals surface area contributed by atoms with E-state index in [-0.39, 0.29) is 18.7 Å². The third kappa shape index (κ3) is 4.22. The van der Waals surface area contributed by atoms with Crippen molar-refractivity contribution in [3.63, 3.8) is 0 Å². The van der Waals surface area contributed by atoms with E-state index in [2.05, 4.69) is 11.7 Å². The van der Waals surface area contributed by atoms with Gasteiger partial charge in [0.1, 0.15) is 6.61 Å². The minimum absolute atomic E-state index is 0.180. The van der Waals surface area contributed by atoms with Gasteiger partial charge in [-0.15, -0.1) is 5.10 Å². The first-order valence-corrected chi connectivity index (χ1v) is 7.49. The zero-order valence-corrected chi connectivity index (χ0v) is 14.0. The number of esters is 1. The molecule has 5 heteroatoms. The van der Waals surface area contributed by atoms with E-state index in [0.717, 1.165) is 16.7 Å². The normalized spacial score (nSPS) is 10.7. The van der Waals surface area contributed by atoms with Gasteiger partial charge in [-0.1, -0.05) is 24.3 Å². The summed E-state index contributed by atoms with van der Waals surface area (Å²) in [4.78, 5) is 12.3. The van der Waals surface area contributed by atoms with Gasteiger partial charge in [0, 0.05) is 24.9 Å². The molecule has 1 heterocycles. The number of allylic oxidation sites excluding steroid dienone is 1. The Kier molecular flexibility index (Phi) is 5.21. The first-order chi connectivity index (χ1) is 10.9. The van der Waals surface area contributed by atoms with E-state index in [1.54, 1.807) is 23.0 Å². The number of benzene rings is 1. The first-order valence-electron chi connectivity index (χ1n) is 7.49. The number of ether oxygens (including phenoxy) is 2. The lowest BCUT2D eigenvalue weighted by atomic mass is 9.97. The SMILES string of the molecule is C=C(C)c1cccc(C(=O)OC(C)C)c1COc1ccn(C)n1. The molecular weight excluding hydrogens is 292 g/mol. The van der Waals surface area contributed by atoms with Crippen LogP contribution in [0, 0.1) is 0 Å². The lowest BCUT2D eigenvalue weighted by Crippen LogP contribution is -2.15. The van der Waals surface area contributed by atoms with Crippen LogP contribution in [0.4, 0.5) is 0 Å². The molecule has 0 fully saturated rings. The highest BCUT2D eigenvalue weighted by Gasteiger charge is 2.18. The van der Waals surface area contributed by atoms with Gasteiger partial charge in [-0.25, -0.2) is 4.79 Å². The smallest absolute Gasteiger partial charge is 0.338 e. The molecule has 23 heavy (non-hydrogen) atoms. The van der Waals surface area contributed by atoms with Crippen LogP contribution in [0.1, 0.15) is 42.3 Å². The lowest BCUT2D eigenvalue weighted by Gasteiger charge is -2.15. The topological polar surface area (TPSA) is 53.4 Å². The molecule has 0 aliphatic carbocycles. The third-order valence-electron chi connectivity index (χ3n) is 3.25. The molecule has 0 radical (unpaired) electrons. The quantitative estimate of drug-likeness (QED) is 0.765. The van der Waals surface area contributed by atoms with E-state index < -0.39 is 0 Å². The summed E-state index contributed by atoms with van der Waals surface area (Å²) in [5.41, 5.74) is 3.01. The van der Waals surface area contributed by atoms with Crippen LogP contribution >= 0.6 is 0 Å². The Bertz CT molecular complexity index is 717. The predicted molar refractivity (Wildman–Crippen MR) is 89.2 cm³/mol. The van der Waals surface area contributed by atoms with Gasteiger partial charge in [0.25, 0.3) is 0 Å². The van der Waals surface area contributed by atoms with Crippen molar-refractivity contribution in [2.45, 2.75) is 33.5 Å². The van der Waals surface area contributed by atoms with Crippen molar-refractivity contribution >= 4 is 11.5 Å². The Morgan fingerprint density at radius 3 is 2.57 bits per heavy atom. The van der Waals surface area contributed by atoms with Gasteiger partial charge in [0.15, 0.2) is 0 Å². The summed E-state index contributed by atoms with van der Waals surface area (Å²) in [6.45, 7) is 9.75. The number of nitrogens with zero attached hydrogens (tertiary/aromatic N) is 2. The standard InChI is InChI=1S/C18H22N2O3/c1-12(2)14-7-6-8-15(18(21)23-13(3)4)16(14)11-22-17-9-10-20(5)19-17/h6-10,13H,1,11H2,2-5H3. The zero-order chi connectivity index (χ0) is 17.0. The molecular formula is C18H22N2O3. The maximum atomic E-state index is 12.3. The molecule has 0 unspecified atom stereocenters. The maximum absolute atomic E-state index is 12.3. The summed E-state index contributed by atoms with van der Waals surface area (Å²) < 4.78 is 12.7. The lowest BCUT2D eigenvalue weighted by molar-refractivity contribution is 0.0375. The molecule has 0 aliphatic rings. The Hall–Kier alpha value is -2.56.